The van der Waals surface area contributed by atoms with Gasteiger partial charge in [0.05, 0.1) is 11.8 Å². The Morgan fingerprint density at radius 3 is 2.29 bits per heavy atom. The number of rotatable bonds is 2. The van der Waals surface area contributed by atoms with Crippen molar-refractivity contribution in [2.45, 2.75) is 19.9 Å². The predicted octanol–water partition coefficient (Wildman–Crippen LogP) is 1.82. The van der Waals surface area contributed by atoms with E-state index in [1.165, 1.54) is 4.90 Å². The summed E-state index contributed by atoms with van der Waals surface area (Å²) in [5, 5.41) is -0.191. The van der Waals surface area contributed by atoms with Gasteiger partial charge in [0, 0.05) is 18.7 Å². The van der Waals surface area contributed by atoms with Gasteiger partial charge >= 0.3 is 0 Å². The normalized spacial score (nSPS) is 19.1. The van der Waals surface area contributed by atoms with Gasteiger partial charge in [-0.1, -0.05) is 29.0 Å². The number of carbonyl (C=O) groups is 3. The number of nitrogens with zero attached hydrogens (tertiary/aromatic N) is 2. The zero-order valence-electron chi connectivity index (χ0n) is 12.0. The van der Waals surface area contributed by atoms with E-state index in [2.05, 4.69) is 0 Å². The molecule has 6 heteroatoms. The van der Waals surface area contributed by atoms with Crippen LogP contribution in [0.15, 0.2) is 18.2 Å². The summed E-state index contributed by atoms with van der Waals surface area (Å²) in [5.41, 5.74) is 2.77. The zero-order valence-corrected chi connectivity index (χ0v) is 12.8. The number of benzene rings is 1. The van der Waals surface area contributed by atoms with Gasteiger partial charge in [0.2, 0.25) is 5.91 Å². The lowest BCUT2D eigenvalue weighted by atomic mass is 10.0. The molecule has 110 valence electrons. The zero-order chi connectivity index (χ0) is 15.1. The maximum absolute atomic E-state index is 12.4. The van der Waals surface area contributed by atoms with Gasteiger partial charge in [-0.15, -0.1) is 0 Å². The van der Waals surface area contributed by atoms with Gasteiger partial charge in [0.25, 0.3) is 11.1 Å². The van der Waals surface area contributed by atoms with Crippen molar-refractivity contribution < 1.29 is 14.4 Å². The van der Waals surface area contributed by atoms with Crippen LogP contribution in [-0.2, 0) is 4.79 Å². The number of likely N-dealkylation sites (tertiary alicyclic amines) is 1. The highest BCUT2D eigenvalue weighted by molar-refractivity contribution is 8.14. The molecule has 2 saturated heterocycles. The van der Waals surface area contributed by atoms with Crippen LogP contribution in [0, 0.1) is 13.8 Å². The summed E-state index contributed by atoms with van der Waals surface area (Å²) in [6.45, 7) is 4.79. The van der Waals surface area contributed by atoms with Crippen LogP contribution in [0.3, 0.4) is 0 Å². The minimum absolute atomic E-state index is 0.0372. The van der Waals surface area contributed by atoms with Crippen molar-refractivity contribution in [3.63, 3.8) is 0 Å². The SMILES string of the molecule is Cc1cc(C)cc(C(=O)N2CC(N3C(=O)CSC3=O)C2)c1. The van der Waals surface area contributed by atoms with Gasteiger partial charge < -0.3 is 4.90 Å². The monoisotopic (exact) mass is 304 g/mol. The van der Waals surface area contributed by atoms with Crippen LogP contribution in [-0.4, -0.2) is 51.7 Å². The second kappa shape index (κ2) is 5.18. The molecule has 3 amide bonds. The molecule has 0 aromatic heterocycles. The maximum atomic E-state index is 12.4. The lowest BCUT2D eigenvalue weighted by Gasteiger charge is -2.42. The molecular formula is C15H16N2O3S. The van der Waals surface area contributed by atoms with E-state index >= 15 is 0 Å². The van der Waals surface area contributed by atoms with Crippen molar-refractivity contribution in [3.8, 4) is 0 Å². The Bertz CT molecular complexity index is 602. The van der Waals surface area contributed by atoms with Crippen molar-refractivity contribution in [2.24, 2.45) is 0 Å². The van der Waals surface area contributed by atoms with Crippen molar-refractivity contribution in [2.75, 3.05) is 18.8 Å². The number of hydrogen-bond acceptors (Lipinski definition) is 4. The van der Waals surface area contributed by atoms with E-state index in [4.69, 9.17) is 0 Å². The molecule has 1 aromatic rings. The molecule has 21 heavy (non-hydrogen) atoms. The maximum Gasteiger partial charge on any atom is 0.289 e. The molecule has 0 bridgehead atoms. The van der Waals surface area contributed by atoms with Crippen LogP contribution >= 0.6 is 11.8 Å². The number of thioether (sulfide) groups is 1. The Kier molecular flexibility index (Phi) is 3.49. The van der Waals surface area contributed by atoms with Gasteiger partial charge in [-0.3, -0.25) is 19.3 Å². The molecule has 0 spiro atoms. The van der Waals surface area contributed by atoms with Crippen LogP contribution in [0.5, 0.6) is 0 Å². The van der Waals surface area contributed by atoms with Crippen molar-refractivity contribution >= 4 is 28.8 Å². The molecule has 2 fully saturated rings. The molecule has 0 N–H and O–H groups in total. The van der Waals surface area contributed by atoms with E-state index in [0.29, 0.717) is 18.7 Å². The Labute approximate surface area is 127 Å². The summed E-state index contributed by atoms with van der Waals surface area (Å²) in [6, 6.07) is 5.60. The highest BCUT2D eigenvalue weighted by Crippen LogP contribution is 2.27. The number of imide groups is 1. The molecular weight excluding hydrogens is 288 g/mol. The minimum atomic E-state index is -0.191. The second-order valence-corrected chi connectivity index (χ2v) is 6.49. The summed E-state index contributed by atoms with van der Waals surface area (Å²) in [5.74, 6) is 0.0404. The first-order valence-electron chi connectivity index (χ1n) is 6.82. The summed E-state index contributed by atoms with van der Waals surface area (Å²) in [7, 11) is 0. The fraction of sp³-hybridized carbons (Fsp3) is 0.400. The summed E-state index contributed by atoms with van der Waals surface area (Å²) >= 11 is 1.03. The molecule has 3 rings (SSSR count). The minimum Gasteiger partial charge on any atom is -0.334 e. The number of amides is 3. The standard InChI is InChI=1S/C15H16N2O3S/c1-9-3-10(2)5-11(4-9)14(19)16-6-12(7-16)17-13(18)8-21-15(17)20/h3-5,12H,6-8H2,1-2H3. The number of carbonyl (C=O) groups excluding carboxylic acids is 3. The average Bonchev–Trinajstić information content (AvgIpc) is 2.67. The number of aryl methyl sites for hydroxylation is 2. The summed E-state index contributed by atoms with van der Waals surface area (Å²) in [6.07, 6.45) is 0. The van der Waals surface area contributed by atoms with Crippen LogP contribution < -0.4 is 0 Å². The van der Waals surface area contributed by atoms with E-state index in [9.17, 15) is 14.4 Å². The van der Waals surface area contributed by atoms with Crippen LogP contribution in [0.2, 0.25) is 0 Å². The topological polar surface area (TPSA) is 57.7 Å². The van der Waals surface area contributed by atoms with Crippen molar-refractivity contribution in [3.05, 3.63) is 34.9 Å². The van der Waals surface area contributed by atoms with Gasteiger partial charge in [-0.2, -0.15) is 0 Å². The van der Waals surface area contributed by atoms with Crippen LogP contribution in [0.25, 0.3) is 0 Å². The summed E-state index contributed by atoms with van der Waals surface area (Å²) < 4.78 is 0. The Morgan fingerprint density at radius 1 is 1.14 bits per heavy atom. The molecule has 5 nitrogen and oxygen atoms in total. The van der Waals surface area contributed by atoms with Crippen molar-refractivity contribution in [1.29, 1.82) is 0 Å². The highest BCUT2D eigenvalue weighted by Gasteiger charge is 2.43. The predicted molar refractivity (Wildman–Crippen MR) is 80.3 cm³/mol. The largest absolute Gasteiger partial charge is 0.334 e. The molecule has 0 unspecified atom stereocenters. The van der Waals surface area contributed by atoms with Crippen LogP contribution in [0.1, 0.15) is 21.5 Å². The molecule has 0 saturated carbocycles. The first-order valence-corrected chi connectivity index (χ1v) is 7.80. The smallest absolute Gasteiger partial charge is 0.289 e. The average molecular weight is 304 g/mol. The quantitative estimate of drug-likeness (QED) is 0.836. The highest BCUT2D eigenvalue weighted by atomic mass is 32.2. The molecule has 0 aliphatic carbocycles. The Balaban J connectivity index is 1.67. The van der Waals surface area contributed by atoms with Crippen LogP contribution in [0.4, 0.5) is 4.79 Å². The van der Waals surface area contributed by atoms with E-state index in [-0.39, 0.29) is 28.8 Å². The first kappa shape index (κ1) is 14.1. The second-order valence-electron chi connectivity index (χ2n) is 5.56. The Morgan fingerprint density at radius 2 is 1.76 bits per heavy atom. The fourth-order valence-corrected chi connectivity index (χ4v) is 3.56. The van der Waals surface area contributed by atoms with Gasteiger partial charge in [-0.25, -0.2) is 0 Å². The molecule has 1 aromatic carbocycles. The third-order valence-electron chi connectivity index (χ3n) is 3.77. The lowest BCUT2D eigenvalue weighted by Crippen LogP contribution is -2.62. The number of hydrogen-bond donors (Lipinski definition) is 0. The molecule has 0 atom stereocenters. The van der Waals surface area contributed by atoms with Gasteiger partial charge in [0.15, 0.2) is 0 Å². The van der Waals surface area contributed by atoms with Gasteiger partial charge in [0.1, 0.15) is 0 Å². The Hall–Kier alpha value is -1.82. The third-order valence-corrected chi connectivity index (χ3v) is 4.60. The van der Waals surface area contributed by atoms with Gasteiger partial charge in [-0.05, 0) is 26.0 Å². The lowest BCUT2D eigenvalue weighted by molar-refractivity contribution is -0.128. The van der Waals surface area contributed by atoms with E-state index in [1.54, 1.807) is 4.90 Å². The first-order chi connectivity index (χ1) is 9.95. The van der Waals surface area contributed by atoms with E-state index < -0.39 is 0 Å². The molecule has 2 aliphatic heterocycles. The van der Waals surface area contributed by atoms with E-state index in [1.807, 2.05) is 32.0 Å². The third kappa shape index (κ3) is 2.55. The molecule has 2 aliphatic rings. The van der Waals surface area contributed by atoms with E-state index in [0.717, 1.165) is 22.9 Å². The molecule has 0 radical (unpaired) electrons. The van der Waals surface area contributed by atoms with Crippen molar-refractivity contribution in [1.82, 2.24) is 9.80 Å². The summed E-state index contributed by atoms with van der Waals surface area (Å²) in [4.78, 5) is 38.6. The fourth-order valence-electron chi connectivity index (χ4n) is 2.78. The molecule has 2 heterocycles.